The van der Waals surface area contributed by atoms with Crippen LogP contribution < -0.4 is 10.2 Å². The Morgan fingerprint density at radius 2 is 2.25 bits per heavy atom. The van der Waals surface area contributed by atoms with Crippen molar-refractivity contribution in [2.24, 2.45) is 7.05 Å². The number of nitrogens with one attached hydrogen (secondary N) is 1. The van der Waals surface area contributed by atoms with Gasteiger partial charge in [-0.15, -0.1) is 11.3 Å². The van der Waals surface area contributed by atoms with Crippen LogP contribution in [0.1, 0.15) is 23.1 Å². The molecule has 0 aliphatic carbocycles. The number of hydrogen-bond acceptors (Lipinski definition) is 4. The van der Waals surface area contributed by atoms with Crippen molar-refractivity contribution in [3.8, 4) is 0 Å². The number of aromatic nitrogens is 2. The van der Waals surface area contributed by atoms with Gasteiger partial charge in [-0.05, 0) is 31.3 Å². The molecule has 0 amide bonds. The van der Waals surface area contributed by atoms with Crippen molar-refractivity contribution >= 4 is 17.2 Å². The molecule has 20 heavy (non-hydrogen) atoms. The molecule has 2 heterocycles. The maximum absolute atomic E-state index is 4.57. The van der Waals surface area contributed by atoms with Gasteiger partial charge in [0, 0.05) is 37.6 Å². The molecule has 0 aromatic carbocycles. The van der Waals surface area contributed by atoms with Crippen LogP contribution in [0.15, 0.2) is 17.5 Å². The highest BCUT2D eigenvalue weighted by Gasteiger charge is 2.16. The monoisotopic (exact) mass is 292 g/mol. The van der Waals surface area contributed by atoms with E-state index in [9.17, 15) is 0 Å². The average Bonchev–Trinajstić information content (AvgIpc) is 3.02. The Labute approximate surface area is 125 Å². The van der Waals surface area contributed by atoms with E-state index in [1.807, 2.05) is 23.1 Å². The molecular formula is C15H24N4S. The molecule has 0 atom stereocenters. The highest BCUT2D eigenvalue weighted by molar-refractivity contribution is 7.09. The lowest BCUT2D eigenvalue weighted by molar-refractivity contribution is 0.708. The summed E-state index contributed by atoms with van der Waals surface area (Å²) in [6, 6.07) is 4.32. The second-order valence-corrected chi connectivity index (χ2v) is 6.07. The molecule has 0 fully saturated rings. The number of rotatable bonds is 7. The van der Waals surface area contributed by atoms with Crippen molar-refractivity contribution in [3.05, 3.63) is 33.6 Å². The summed E-state index contributed by atoms with van der Waals surface area (Å²) in [5, 5.41) is 10.1. The molecule has 2 aromatic rings. The molecule has 0 aliphatic heterocycles. The smallest absolute Gasteiger partial charge is 0.131 e. The number of likely N-dealkylation sites (N-methyl/N-ethyl adjacent to an activating group) is 1. The summed E-state index contributed by atoms with van der Waals surface area (Å²) in [6.07, 6.45) is 1.08. The van der Waals surface area contributed by atoms with E-state index in [-0.39, 0.29) is 0 Å². The molecule has 0 spiro atoms. The molecule has 2 aromatic heterocycles. The minimum absolute atomic E-state index is 0.884. The van der Waals surface area contributed by atoms with Gasteiger partial charge in [0.05, 0.1) is 5.69 Å². The van der Waals surface area contributed by atoms with E-state index in [1.165, 1.54) is 16.3 Å². The Balaban J connectivity index is 2.09. The third-order valence-electron chi connectivity index (χ3n) is 3.50. The number of thiophene rings is 1. The minimum atomic E-state index is 0.884. The van der Waals surface area contributed by atoms with E-state index in [1.54, 1.807) is 0 Å². The SMILES string of the molecule is CCNCc1c(C)nn(C)c1N(C)CCc1cccs1. The quantitative estimate of drug-likeness (QED) is 0.851. The zero-order chi connectivity index (χ0) is 14.5. The van der Waals surface area contributed by atoms with Gasteiger partial charge >= 0.3 is 0 Å². The standard InChI is InChI=1S/C15H24N4S/c1-5-16-11-14-12(2)17-19(4)15(14)18(3)9-8-13-7-6-10-20-13/h6-7,10,16H,5,8-9,11H2,1-4H3. The summed E-state index contributed by atoms with van der Waals surface area (Å²) in [6.45, 7) is 7.09. The predicted octanol–water partition coefficient (Wildman–Crippen LogP) is 2.58. The van der Waals surface area contributed by atoms with Gasteiger partial charge in [-0.1, -0.05) is 13.0 Å². The van der Waals surface area contributed by atoms with Gasteiger partial charge in [0.25, 0.3) is 0 Å². The molecular weight excluding hydrogens is 268 g/mol. The Kier molecular flexibility index (Phi) is 5.20. The molecule has 0 unspecified atom stereocenters. The first-order valence-corrected chi connectivity index (χ1v) is 7.98. The maximum Gasteiger partial charge on any atom is 0.131 e. The van der Waals surface area contributed by atoms with Crippen molar-refractivity contribution in [1.82, 2.24) is 15.1 Å². The lowest BCUT2D eigenvalue weighted by Crippen LogP contribution is -2.25. The van der Waals surface area contributed by atoms with Crippen LogP contribution in [0.4, 0.5) is 5.82 Å². The van der Waals surface area contributed by atoms with Gasteiger partial charge in [0.2, 0.25) is 0 Å². The molecule has 0 saturated carbocycles. The second kappa shape index (κ2) is 6.90. The number of nitrogens with zero attached hydrogens (tertiary/aromatic N) is 3. The van der Waals surface area contributed by atoms with Crippen LogP contribution in [0.2, 0.25) is 0 Å². The van der Waals surface area contributed by atoms with E-state index >= 15 is 0 Å². The summed E-state index contributed by atoms with van der Waals surface area (Å²) >= 11 is 1.83. The third-order valence-corrected chi connectivity index (χ3v) is 4.44. The number of hydrogen-bond donors (Lipinski definition) is 1. The Morgan fingerprint density at radius 1 is 1.45 bits per heavy atom. The van der Waals surface area contributed by atoms with E-state index in [0.717, 1.165) is 31.7 Å². The van der Waals surface area contributed by atoms with Gasteiger partial charge in [0.1, 0.15) is 5.82 Å². The molecule has 2 rings (SSSR count). The molecule has 4 nitrogen and oxygen atoms in total. The van der Waals surface area contributed by atoms with Crippen LogP contribution in [0, 0.1) is 6.92 Å². The van der Waals surface area contributed by atoms with Crippen LogP contribution in [0.25, 0.3) is 0 Å². The average molecular weight is 292 g/mol. The van der Waals surface area contributed by atoms with Crippen LogP contribution in [-0.4, -0.2) is 29.9 Å². The Morgan fingerprint density at radius 3 is 2.90 bits per heavy atom. The van der Waals surface area contributed by atoms with Crippen LogP contribution in [0.3, 0.4) is 0 Å². The van der Waals surface area contributed by atoms with Gasteiger partial charge in [-0.3, -0.25) is 4.68 Å². The summed E-state index contributed by atoms with van der Waals surface area (Å²) in [5.74, 6) is 1.22. The highest BCUT2D eigenvalue weighted by Crippen LogP contribution is 2.22. The predicted molar refractivity (Wildman–Crippen MR) is 86.6 cm³/mol. The second-order valence-electron chi connectivity index (χ2n) is 5.04. The first kappa shape index (κ1) is 15.1. The van der Waals surface area contributed by atoms with Gasteiger partial charge < -0.3 is 10.2 Å². The summed E-state index contributed by atoms with van der Waals surface area (Å²) in [4.78, 5) is 3.75. The van der Waals surface area contributed by atoms with Crippen LogP contribution in [-0.2, 0) is 20.0 Å². The van der Waals surface area contributed by atoms with Gasteiger partial charge in [-0.25, -0.2) is 0 Å². The lowest BCUT2D eigenvalue weighted by atomic mass is 10.2. The van der Waals surface area contributed by atoms with Crippen molar-refractivity contribution in [2.75, 3.05) is 25.0 Å². The van der Waals surface area contributed by atoms with Crippen molar-refractivity contribution < 1.29 is 0 Å². The molecule has 1 N–H and O–H groups in total. The van der Waals surface area contributed by atoms with Gasteiger partial charge in [0.15, 0.2) is 0 Å². The van der Waals surface area contributed by atoms with E-state index in [2.05, 4.69) is 53.7 Å². The lowest BCUT2D eigenvalue weighted by Gasteiger charge is -2.21. The normalized spacial score (nSPS) is 11.0. The zero-order valence-corrected chi connectivity index (χ0v) is 13.6. The first-order valence-electron chi connectivity index (χ1n) is 7.10. The fourth-order valence-electron chi connectivity index (χ4n) is 2.46. The van der Waals surface area contributed by atoms with E-state index in [4.69, 9.17) is 0 Å². The fourth-order valence-corrected chi connectivity index (χ4v) is 3.16. The number of anilines is 1. The Bertz CT molecular complexity index is 530. The van der Waals surface area contributed by atoms with Crippen molar-refractivity contribution in [1.29, 1.82) is 0 Å². The minimum Gasteiger partial charge on any atom is -0.359 e. The fraction of sp³-hybridized carbons (Fsp3) is 0.533. The molecule has 5 heteroatoms. The van der Waals surface area contributed by atoms with Crippen molar-refractivity contribution in [2.45, 2.75) is 26.8 Å². The van der Waals surface area contributed by atoms with E-state index < -0.39 is 0 Å². The maximum atomic E-state index is 4.57. The van der Waals surface area contributed by atoms with Gasteiger partial charge in [-0.2, -0.15) is 5.10 Å². The van der Waals surface area contributed by atoms with Crippen LogP contribution >= 0.6 is 11.3 Å². The Hall–Kier alpha value is -1.33. The molecule has 110 valence electrons. The third kappa shape index (κ3) is 3.41. The van der Waals surface area contributed by atoms with Crippen molar-refractivity contribution in [3.63, 3.8) is 0 Å². The molecule has 0 radical (unpaired) electrons. The summed E-state index contributed by atoms with van der Waals surface area (Å²) in [7, 11) is 4.18. The van der Waals surface area contributed by atoms with Crippen LogP contribution in [0.5, 0.6) is 0 Å². The number of aryl methyl sites for hydroxylation is 2. The molecule has 0 aliphatic rings. The zero-order valence-electron chi connectivity index (χ0n) is 12.8. The summed E-state index contributed by atoms with van der Waals surface area (Å²) in [5.41, 5.74) is 2.43. The first-order chi connectivity index (χ1) is 9.63. The highest BCUT2D eigenvalue weighted by atomic mass is 32.1. The summed E-state index contributed by atoms with van der Waals surface area (Å²) < 4.78 is 2.00. The molecule has 0 saturated heterocycles. The van der Waals surface area contributed by atoms with E-state index in [0.29, 0.717) is 0 Å². The largest absolute Gasteiger partial charge is 0.359 e. The topological polar surface area (TPSA) is 33.1 Å². The molecule has 0 bridgehead atoms.